The van der Waals surface area contributed by atoms with Crippen LogP contribution < -0.4 is 10.1 Å². The molecular weight excluding hydrogens is 242 g/mol. The van der Waals surface area contributed by atoms with Gasteiger partial charge < -0.3 is 19.9 Å². The van der Waals surface area contributed by atoms with Crippen molar-refractivity contribution in [1.82, 2.24) is 5.32 Å². The van der Waals surface area contributed by atoms with E-state index in [0.717, 1.165) is 31.7 Å². The van der Waals surface area contributed by atoms with Crippen LogP contribution in [0.2, 0.25) is 0 Å². The number of aliphatic hydroxyl groups is 1. The maximum absolute atomic E-state index is 9.77. The van der Waals surface area contributed by atoms with Crippen molar-refractivity contribution in [2.75, 3.05) is 33.4 Å². The fraction of sp³-hybridized carbons (Fsp3) is 0.600. The Hall–Kier alpha value is -1.10. The van der Waals surface area contributed by atoms with E-state index in [1.807, 2.05) is 18.2 Å². The van der Waals surface area contributed by atoms with Gasteiger partial charge in [0.2, 0.25) is 0 Å². The average molecular weight is 267 g/mol. The Morgan fingerprint density at radius 3 is 2.95 bits per heavy atom. The zero-order valence-electron chi connectivity index (χ0n) is 11.9. The number of benzene rings is 1. The summed E-state index contributed by atoms with van der Waals surface area (Å²) in [5.74, 6) is 0.817. The number of nitrogens with one attached hydrogen (secondary N) is 1. The van der Waals surface area contributed by atoms with Crippen molar-refractivity contribution in [3.05, 3.63) is 29.8 Å². The third kappa shape index (κ3) is 7.15. The van der Waals surface area contributed by atoms with Crippen LogP contribution in [0.5, 0.6) is 5.75 Å². The highest BCUT2D eigenvalue weighted by Gasteiger charge is 2.04. The molecule has 108 valence electrons. The number of hydrogen-bond acceptors (Lipinski definition) is 4. The van der Waals surface area contributed by atoms with E-state index in [9.17, 15) is 5.11 Å². The lowest BCUT2D eigenvalue weighted by atomic mass is 10.2. The van der Waals surface area contributed by atoms with E-state index >= 15 is 0 Å². The van der Waals surface area contributed by atoms with Gasteiger partial charge in [-0.05, 0) is 37.1 Å². The number of rotatable bonds is 10. The fourth-order valence-electron chi connectivity index (χ4n) is 1.72. The van der Waals surface area contributed by atoms with Crippen LogP contribution in [0.4, 0.5) is 0 Å². The normalized spacial score (nSPS) is 12.4. The lowest BCUT2D eigenvalue weighted by Crippen LogP contribution is -2.32. The highest BCUT2D eigenvalue weighted by Crippen LogP contribution is 2.13. The van der Waals surface area contributed by atoms with Gasteiger partial charge in [0.1, 0.15) is 18.5 Å². The summed E-state index contributed by atoms with van der Waals surface area (Å²) in [4.78, 5) is 0. The van der Waals surface area contributed by atoms with Gasteiger partial charge >= 0.3 is 0 Å². The highest BCUT2D eigenvalue weighted by molar-refractivity contribution is 5.28. The molecule has 1 aromatic rings. The standard InChI is InChI=1S/C15H25NO3/c1-3-13-6-4-7-15(10-13)19-12-14(17)11-16-8-5-9-18-2/h4,6-7,10,14,16-17H,3,5,8-9,11-12H2,1-2H3. The number of methoxy groups -OCH3 is 1. The van der Waals surface area contributed by atoms with Crippen LogP contribution in [0.25, 0.3) is 0 Å². The van der Waals surface area contributed by atoms with Crippen LogP contribution in [0.1, 0.15) is 18.9 Å². The number of aliphatic hydroxyl groups excluding tert-OH is 1. The molecular formula is C15H25NO3. The minimum absolute atomic E-state index is 0.310. The Morgan fingerprint density at radius 2 is 2.21 bits per heavy atom. The van der Waals surface area contributed by atoms with Gasteiger partial charge in [-0.25, -0.2) is 0 Å². The summed E-state index contributed by atoms with van der Waals surface area (Å²) >= 11 is 0. The van der Waals surface area contributed by atoms with E-state index in [0.29, 0.717) is 13.2 Å². The quantitative estimate of drug-likeness (QED) is 0.632. The summed E-state index contributed by atoms with van der Waals surface area (Å²) in [7, 11) is 1.69. The molecule has 0 aromatic heterocycles. The molecule has 1 unspecified atom stereocenters. The first-order chi connectivity index (χ1) is 9.26. The Labute approximate surface area is 115 Å². The van der Waals surface area contributed by atoms with Crippen LogP contribution in [0.15, 0.2) is 24.3 Å². The maximum atomic E-state index is 9.77. The summed E-state index contributed by atoms with van der Waals surface area (Å²) in [6, 6.07) is 7.97. The van der Waals surface area contributed by atoms with Crippen molar-refractivity contribution in [1.29, 1.82) is 0 Å². The van der Waals surface area contributed by atoms with E-state index in [1.165, 1.54) is 5.56 Å². The highest BCUT2D eigenvalue weighted by atomic mass is 16.5. The molecule has 0 heterocycles. The van der Waals surface area contributed by atoms with Crippen molar-refractivity contribution in [2.45, 2.75) is 25.9 Å². The second-order valence-corrected chi connectivity index (χ2v) is 4.52. The van der Waals surface area contributed by atoms with E-state index in [4.69, 9.17) is 9.47 Å². The number of aryl methyl sites for hydroxylation is 1. The van der Waals surface area contributed by atoms with Crippen LogP contribution in [-0.2, 0) is 11.2 Å². The number of ether oxygens (including phenoxy) is 2. The van der Waals surface area contributed by atoms with Crippen LogP contribution >= 0.6 is 0 Å². The van der Waals surface area contributed by atoms with E-state index in [-0.39, 0.29) is 0 Å². The molecule has 19 heavy (non-hydrogen) atoms. The monoisotopic (exact) mass is 267 g/mol. The third-order valence-corrected chi connectivity index (χ3v) is 2.83. The predicted molar refractivity (Wildman–Crippen MR) is 76.7 cm³/mol. The topological polar surface area (TPSA) is 50.7 Å². The van der Waals surface area contributed by atoms with Crippen LogP contribution in [-0.4, -0.2) is 44.6 Å². The van der Waals surface area contributed by atoms with E-state index < -0.39 is 6.10 Å². The second kappa shape index (κ2) is 9.78. The van der Waals surface area contributed by atoms with E-state index in [1.54, 1.807) is 7.11 Å². The molecule has 0 saturated heterocycles. The van der Waals surface area contributed by atoms with Gasteiger partial charge in [-0.2, -0.15) is 0 Å². The number of hydrogen-bond donors (Lipinski definition) is 2. The lowest BCUT2D eigenvalue weighted by molar-refractivity contribution is 0.105. The summed E-state index contributed by atoms with van der Waals surface area (Å²) in [6.45, 7) is 4.54. The minimum atomic E-state index is -0.493. The Bertz CT molecular complexity index is 344. The molecule has 4 heteroatoms. The zero-order valence-corrected chi connectivity index (χ0v) is 11.9. The molecule has 0 saturated carbocycles. The average Bonchev–Trinajstić information content (AvgIpc) is 2.45. The smallest absolute Gasteiger partial charge is 0.119 e. The fourth-order valence-corrected chi connectivity index (χ4v) is 1.72. The van der Waals surface area contributed by atoms with Gasteiger partial charge in [0.05, 0.1) is 0 Å². The largest absolute Gasteiger partial charge is 0.491 e. The van der Waals surface area contributed by atoms with Gasteiger partial charge in [-0.3, -0.25) is 0 Å². The zero-order chi connectivity index (χ0) is 13.9. The van der Waals surface area contributed by atoms with Crippen LogP contribution in [0.3, 0.4) is 0 Å². The predicted octanol–water partition coefficient (Wildman–Crippen LogP) is 1.61. The van der Waals surface area contributed by atoms with Gasteiger partial charge in [0.15, 0.2) is 0 Å². The lowest BCUT2D eigenvalue weighted by Gasteiger charge is -2.13. The molecule has 0 fully saturated rings. The molecule has 1 rings (SSSR count). The molecule has 0 aliphatic carbocycles. The molecule has 0 aliphatic heterocycles. The van der Waals surface area contributed by atoms with Gasteiger partial charge in [0, 0.05) is 20.3 Å². The Kier molecular flexibility index (Phi) is 8.21. The summed E-state index contributed by atoms with van der Waals surface area (Å²) in [6.07, 6.45) is 1.44. The van der Waals surface area contributed by atoms with Crippen LogP contribution in [0, 0.1) is 0 Å². The molecule has 0 spiro atoms. The molecule has 0 radical (unpaired) electrons. The van der Waals surface area contributed by atoms with Gasteiger partial charge in [-0.15, -0.1) is 0 Å². The van der Waals surface area contributed by atoms with Crippen molar-refractivity contribution in [2.24, 2.45) is 0 Å². The Balaban J connectivity index is 2.16. The Morgan fingerprint density at radius 1 is 1.37 bits per heavy atom. The van der Waals surface area contributed by atoms with Crippen molar-refractivity contribution >= 4 is 0 Å². The molecule has 2 N–H and O–H groups in total. The first-order valence-corrected chi connectivity index (χ1v) is 6.85. The first-order valence-electron chi connectivity index (χ1n) is 6.85. The van der Waals surface area contributed by atoms with Crippen molar-refractivity contribution < 1.29 is 14.6 Å². The first kappa shape index (κ1) is 16.0. The second-order valence-electron chi connectivity index (χ2n) is 4.52. The SMILES string of the molecule is CCc1cccc(OCC(O)CNCCCOC)c1. The third-order valence-electron chi connectivity index (χ3n) is 2.83. The van der Waals surface area contributed by atoms with Gasteiger partial charge in [0.25, 0.3) is 0 Å². The molecule has 0 amide bonds. The van der Waals surface area contributed by atoms with Crippen molar-refractivity contribution in [3.63, 3.8) is 0 Å². The molecule has 0 aliphatic rings. The minimum Gasteiger partial charge on any atom is -0.491 e. The summed E-state index contributed by atoms with van der Waals surface area (Å²) in [5.41, 5.74) is 1.24. The molecule has 1 atom stereocenters. The molecule has 4 nitrogen and oxygen atoms in total. The van der Waals surface area contributed by atoms with Gasteiger partial charge in [-0.1, -0.05) is 19.1 Å². The maximum Gasteiger partial charge on any atom is 0.119 e. The van der Waals surface area contributed by atoms with Crippen molar-refractivity contribution in [3.8, 4) is 5.75 Å². The molecule has 1 aromatic carbocycles. The van der Waals surface area contributed by atoms with E-state index in [2.05, 4.69) is 18.3 Å². The molecule has 0 bridgehead atoms. The summed E-state index contributed by atoms with van der Waals surface area (Å²) in [5, 5.41) is 12.9. The summed E-state index contributed by atoms with van der Waals surface area (Å²) < 4.78 is 10.5.